The Bertz CT molecular complexity index is 483. The molecule has 5 nitrogen and oxygen atoms in total. The minimum absolute atomic E-state index is 0.0372. The lowest BCUT2D eigenvalue weighted by molar-refractivity contribution is 0.0474. The van der Waals surface area contributed by atoms with E-state index in [9.17, 15) is 9.90 Å². The van der Waals surface area contributed by atoms with Gasteiger partial charge >= 0.3 is 6.09 Å². The first-order valence-corrected chi connectivity index (χ1v) is 6.18. The monoisotopic (exact) mass is 260 g/mol. The van der Waals surface area contributed by atoms with Crippen molar-refractivity contribution in [1.29, 1.82) is 5.26 Å². The summed E-state index contributed by atoms with van der Waals surface area (Å²) < 4.78 is 5.18. The van der Waals surface area contributed by atoms with Crippen molar-refractivity contribution in [2.75, 3.05) is 13.1 Å². The largest absolute Gasteiger partial charge is 0.445 e. The molecule has 1 atom stereocenters. The first-order chi connectivity index (χ1) is 9.13. The molecular formula is C14H16N2O3. The zero-order valence-corrected chi connectivity index (χ0v) is 10.6. The van der Waals surface area contributed by atoms with Gasteiger partial charge in [0.05, 0.1) is 24.6 Å². The molecule has 0 aromatic heterocycles. The number of nitriles is 1. The number of likely N-dealkylation sites (tertiary alicyclic amines) is 1. The first-order valence-electron chi connectivity index (χ1n) is 6.18. The molecule has 19 heavy (non-hydrogen) atoms. The van der Waals surface area contributed by atoms with Crippen LogP contribution in [0.5, 0.6) is 0 Å². The van der Waals surface area contributed by atoms with Crippen LogP contribution in [-0.4, -0.2) is 34.8 Å². The van der Waals surface area contributed by atoms with E-state index in [2.05, 4.69) is 0 Å². The fourth-order valence-electron chi connectivity index (χ4n) is 2.11. The Morgan fingerprint density at radius 3 is 2.89 bits per heavy atom. The fourth-order valence-corrected chi connectivity index (χ4v) is 2.11. The Labute approximate surface area is 112 Å². The summed E-state index contributed by atoms with van der Waals surface area (Å²) in [4.78, 5) is 13.3. The number of hydrogen-bond donors (Lipinski definition) is 1. The van der Waals surface area contributed by atoms with Crippen molar-refractivity contribution in [3.05, 3.63) is 35.9 Å². The number of β-amino-alcohol motifs (C(OH)–C–C–N with tert-alkyl or cyclic N) is 1. The normalized spacial score (nSPS) is 22.0. The van der Waals surface area contributed by atoms with E-state index in [1.165, 1.54) is 4.90 Å². The van der Waals surface area contributed by atoms with Gasteiger partial charge in [-0.1, -0.05) is 30.3 Å². The molecule has 1 aliphatic rings. The summed E-state index contributed by atoms with van der Waals surface area (Å²) in [6, 6.07) is 11.4. The Hall–Kier alpha value is -2.06. The Morgan fingerprint density at radius 2 is 2.21 bits per heavy atom. The third-order valence-corrected chi connectivity index (χ3v) is 3.20. The fraction of sp³-hybridized carbons (Fsp3) is 0.429. The lowest BCUT2D eigenvalue weighted by Gasteiger charge is -2.20. The highest BCUT2D eigenvalue weighted by atomic mass is 16.6. The van der Waals surface area contributed by atoms with Gasteiger partial charge in [0.2, 0.25) is 0 Å². The molecule has 5 heteroatoms. The van der Waals surface area contributed by atoms with Crippen molar-refractivity contribution in [3.8, 4) is 6.07 Å². The van der Waals surface area contributed by atoms with Gasteiger partial charge in [-0.3, -0.25) is 0 Å². The topological polar surface area (TPSA) is 73.6 Å². The molecule has 2 rings (SSSR count). The van der Waals surface area contributed by atoms with Crippen LogP contribution in [-0.2, 0) is 11.3 Å². The molecule has 0 radical (unpaired) electrons. The number of carbonyl (C=O) groups is 1. The van der Waals surface area contributed by atoms with E-state index in [1.807, 2.05) is 36.4 Å². The van der Waals surface area contributed by atoms with Crippen molar-refractivity contribution in [1.82, 2.24) is 4.90 Å². The zero-order chi connectivity index (χ0) is 13.7. The van der Waals surface area contributed by atoms with Gasteiger partial charge in [0.25, 0.3) is 0 Å². The molecular weight excluding hydrogens is 244 g/mol. The molecule has 1 saturated heterocycles. The predicted octanol–water partition coefficient (Wildman–Crippen LogP) is 1.67. The second-order valence-electron chi connectivity index (χ2n) is 4.77. The molecule has 0 spiro atoms. The molecule has 0 saturated carbocycles. The number of benzene rings is 1. The molecule has 1 aromatic rings. The third-order valence-electron chi connectivity index (χ3n) is 3.20. The molecule has 1 fully saturated rings. The SMILES string of the molecule is N#CCC1(O)CCN(C(=O)OCc2ccccc2)C1. The van der Waals surface area contributed by atoms with Gasteiger partial charge in [-0.15, -0.1) is 0 Å². The maximum atomic E-state index is 11.8. The van der Waals surface area contributed by atoms with Crippen LogP contribution >= 0.6 is 0 Å². The van der Waals surface area contributed by atoms with E-state index in [0.717, 1.165) is 5.56 Å². The number of amides is 1. The summed E-state index contributed by atoms with van der Waals surface area (Å²) in [5, 5.41) is 18.6. The second-order valence-corrected chi connectivity index (χ2v) is 4.77. The predicted molar refractivity (Wildman–Crippen MR) is 68.0 cm³/mol. The van der Waals surface area contributed by atoms with Gasteiger partial charge in [-0.25, -0.2) is 4.79 Å². The van der Waals surface area contributed by atoms with E-state index in [-0.39, 0.29) is 19.6 Å². The number of hydrogen-bond acceptors (Lipinski definition) is 4. The third kappa shape index (κ3) is 3.46. The van der Waals surface area contributed by atoms with Gasteiger partial charge < -0.3 is 14.7 Å². The highest BCUT2D eigenvalue weighted by molar-refractivity contribution is 5.68. The molecule has 1 amide bonds. The molecule has 1 N–H and O–H groups in total. The van der Waals surface area contributed by atoms with E-state index >= 15 is 0 Å². The van der Waals surface area contributed by atoms with Crippen molar-refractivity contribution < 1.29 is 14.6 Å². The Morgan fingerprint density at radius 1 is 1.47 bits per heavy atom. The zero-order valence-electron chi connectivity index (χ0n) is 10.6. The summed E-state index contributed by atoms with van der Waals surface area (Å²) in [5.41, 5.74) is -0.164. The van der Waals surface area contributed by atoms with E-state index < -0.39 is 11.7 Å². The number of aliphatic hydroxyl groups is 1. The van der Waals surface area contributed by atoms with Crippen LogP contribution in [0.1, 0.15) is 18.4 Å². The van der Waals surface area contributed by atoms with Crippen LogP contribution < -0.4 is 0 Å². The van der Waals surface area contributed by atoms with Crippen molar-refractivity contribution in [2.45, 2.75) is 25.0 Å². The molecule has 1 aromatic carbocycles. The van der Waals surface area contributed by atoms with Crippen molar-refractivity contribution in [2.24, 2.45) is 0 Å². The number of rotatable bonds is 3. The summed E-state index contributed by atoms with van der Waals surface area (Å²) in [6.45, 7) is 0.798. The lowest BCUT2D eigenvalue weighted by atomic mass is 10.0. The average molecular weight is 260 g/mol. The quantitative estimate of drug-likeness (QED) is 0.897. The van der Waals surface area contributed by atoms with Crippen LogP contribution in [0.15, 0.2) is 30.3 Å². The molecule has 0 aliphatic carbocycles. The van der Waals surface area contributed by atoms with Crippen LogP contribution in [0.25, 0.3) is 0 Å². The summed E-state index contributed by atoms with van der Waals surface area (Å²) in [6.07, 6.45) is 0.00827. The molecule has 1 unspecified atom stereocenters. The maximum Gasteiger partial charge on any atom is 0.410 e. The summed E-state index contributed by atoms with van der Waals surface area (Å²) in [5.74, 6) is 0. The highest BCUT2D eigenvalue weighted by Gasteiger charge is 2.38. The minimum atomic E-state index is -1.08. The smallest absolute Gasteiger partial charge is 0.410 e. The molecule has 0 bridgehead atoms. The van der Waals surface area contributed by atoms with E-state index in [4.69, 9.17) is 10.00 Å². The van der Waals surface area contributed by atoms with Gasteiger partial charge in [0, 0.05) is 6.54 Å². The lowest BCUT2D eigenvalue weighted by Crippen LogP contribution is -2.36. The highest BCUT2D eigenvalue weighted by Crippen LogP contribution is 2.24. The van der Waals surface area contributed by atoms with Crippen molar-refractivity contribution >= 4 is 6.09 Å². The van der Waals surface area contributed by atoms with E-state index in [1.54, 1.807) is 0 Å². The van der Waals surface area contributed by atoms with Gasteiger partial charge in [0.1, 0.15) is 6.61 Å². The standard InChI is InChI=1S/C14H16N2O3/c15-8-6-14(18)7-9-16(11-14)13(17)19-10-12-4-2-1-3-5-12/h1-5,18H,6-7,9-11H2. The Kier molecular flexibility index (Phi) is 4.03. The Balaban J connectivity index is 1.84. The van der Waals surface area contributed by atoms with Gasteiger partial charge in [0.15, 0.2) is 0 Å². The first kappa shape index (κ1) is 13.4. The number of nitrogens with zero attached hydrogens (tertiary/aromatic N) is 2. The minimum Gasteiger partial charge on any atom is -0.445 e. The van der Waals surface area contributed by atoms with Gasteiger partial charge in [-0.2, -0.15) is 5.26 Å². The number of ether oxygens (including phenoxy) is 1. The summed E-state index contributed by atoms with van der Waals surface area (Å²) >= 11 is 0. The van der Waals surface area contributed by atoms with Crippen molar-refractivity contribution in [3.63, 3.8) is 0 Å². The molecule has 1 heterocycles. The van der Waals surface area contributed by atoms with Crippen LogP contribution in [0, 0.1) is 11.3 Å². The molecule has 100 valence electrons. The van der Waals surface area contributed by atoms with Crippen LogP contribution in [0.3, 0.4) is 0 Å². The summed E-state index contributed by atoms with van der Waals surface area (Å²) in [7, 11) is 0. The average Bonchev–Trinajstić information content (AvgIpc) is 2.80. The van der Waals surface area contributed by atoms with E-state index in [0.29, 0.717) is 13.0 Å². The van der Waals surface area contributed by atoms with Crippen LogP contribution in [0.4, 0.5) is 4.79 Å². The maximum absolute atomic E-state index is 11.8. The van der Waals surface area contributed by atoms with Crippen LogP contribution in [0.2, 0.25) is 0 Å². The van der Waals surface area contributed by atoms with Gasteiger partial charge in [-0.05, 0) is 12.0 Å². The number of carbonyl (C=O) groups excluding carboxylic acids is 1. The molecule has 1 aliphatic heterocycles. The second kappa shape index (κ2) is 5.72.